The zero-order chi connectivity index (χ0) is 22.2. The standard InChI is InChI=1S/C27H42N2O2/c1-4-6-9-18-30-19-11-13-24-21-28-27(29-22-24)25-14-16-26(17-15-25)31-20-10-7-8-12-23(3)5-2/h14-17,21-23H,4-13,18-20H2,1-3H3. The molecule has 0 bridgehead atoms. The summed E-state index contributed by atoms with van der Waals surface area (Å²) >= 11 is 0. The fraction of sp³-hybridized carbons (Fsp3) is 0.630. The van der Waals surface area contributed by atoms with Gasteiger partial charge in [0.1, 0.15) is 5.75 Å². The third-order valence-electron chi connectivity index (χ3n) is 5.77. The van der Waals surface area contributed by atoms with Crippen molar-refractivity contribution in [2.24, 2.45) is 5.92 Å². The lowest BCUT2D eigenvalue weighted by Gasteiger charge is -2.09. The van der Waals surface area contributed by atoms with Crippen molar-refractivity contribution in [1.29, 1.82) is 0 Å². The molecule has 4 heteroatoms. The Morgan fingerprint density at radius 1 is 0.806 bits per heavy atom. The van der Waals surface area contributed by atoms with Crippen molar-refractivity contribution in [2.75, 3.05) is 19.8 Å². The van der Waals surface area contributed by atoms with Crippen molar-refractivity contribution in [1.82, 2.24) is 9.97 Å². The quantitative estimate of drug-likeness (QED) is 0.250. The van der Waals surface area contributed by atoms with Gasteiger partial charge >= 0.3 is 0 Å². The molecule has 172 valence electrons. The first-order chi connectivity index (χ1) is 15.2. The molecule has 1 aromatic carbocycles. The molecule has 2 aromatic rings. The molecule has 2 rings (SSSR count). The minimum atomic E-state index is 0.760. The van der Waals surface area contributed by atoms with Crippen LogP contribution < -0.4 is 4.74 Å². The Morgan fingerprint density at radius 2 is 1.52 bits per heavy atom. The van der Waals surface area contributed by atoms with Crippen LogP contribution in [0.1, 0.15) is 84.1 Å². The number of ether oxygens (including phenoxy) is 2. The average Bonchev–Trinajstić information content (AvgIpc) is 2.81. The number of aromatic nitrogens is 2. The summed E-state index contributed by atoms with van der Waals surface area (Å²) in [5, 5.41) is 0. The van der Waals surface area contributed by atoms with Crippen LogP contribution >= 0.6 is 0 Å². The van der Waals surface area contributed by atoms with Gasteiger partial charge in [0.25, 0.3) is 0 Å². The van der Waals surface area contributed by atoms with E-state index >= 15 is 0 Å². The molecule has 31 heavy (non-hydrogen) atoms. The van der Waals surface area contributed by atoms with Gasteiger partial charge in [-0.25, -0.2) is 9.97 Å². The van der Waals surface area contributed by atoms with E-state index in [-0.39, 0.29) is 0 Å². The lowest BCUT2D eigenvalue weighted by molar-refractivity contribution is 0.128. The Kier molecular flexibility index (Phi) is 12.9. The third-order valence-corrected chi connectivity index (χ3v) is 5.77. The minimum Gasteiger partial charge on any atom is -0.494 e. The van der Waals surface area contributed by atoms with Gasteiger partial charge in [0.2, 0.25) is 0 Å². The van der Waals surface area contributed by atoms with Gasteiger partial charge in [-0.05, 0) is 61.4 Å². The van der Waals surface area contributed by atoms with E-state index in [0.717, 1.165) is 74.1 Å². The van der Waals surface area contributed by atoms with E-state index < -0.39 is 0 Å². The Balaban J connectivity index is 1.65. The van der Waals surface area contributed by atoms with Gasteiger partial charge in [-0.1, -0.05) is 59.3 Å². The molecule has 0 saturated heterocycles. The SMILES string of the molecule is CCCCCOCCCc1cnc(-c2ccc(OCCCCCC(C)CC)cc2)nc1. The second-order valence-corrected chi connectivity index (χ2v) is 8.57. The zero-order valence-corrected chi connectivity index (χ0v) is 19.9. The van der Waals surface area contributed by atoms with E-state index in [2.05, 4.69) is 30.7 Å². The van der Waals surface area contributed by atoms with Crippen LogP contribution in [0.25, 0.3) is 11.4 Å². The van der Waals surface area contributed by atoms with E-state index in [0.29, 0.717) is 0 Å². The van der Waals surface area contributed by atoms with Crippen molar-refractivity contribution in [3.8, 4) is 17.1 Å². The first kappa shape index (κ1) is 25.3. The van der Waals surface area contributed by atoms with Gasteiger partial charge in [-0.3, -0.25) is 0 Å². The summed E-state index contributed by atoms with van der Waals surface area (Å²) in [4.78, 5) is 9.08. The van der Waals surface area contributed by atoms with Crippen LogP contribution in [-0.4, -0.2) is 29.8 Å². The van der Waals surface area contributed by atoms with Gasteiger partial charge < -0.3 is 9.47 Å². The molecule has 1 aromatic heterocycles. The van der Waals surface area contributed by atoms with Crippen LogP contribution in [0.4, 0.5) is 0 Å². The molecule has 0 radical (unpaired) electrons. The molecule has 0 aliphatic rings. The third kappa shape index (κ3) is 10.8. The Morgan fingerprint density at radius 3 is 2.23 bits per heavy atom. The molecule has 0 N–H and O–H groups in total. The normalized spacial score (nSPS) is 12.1. The molecule has 1 unspecified atom stereocenters. The molecule has 0 fully saturated rings. The smallest absolute Gasteiger partial charge is 0.159 e. The van der Waals surface area contributed by atoms with E-state index in [1.807, 2.05) is 36.7 Å². The van der Waals surface area contributed by atoms with E-state index in [1.165, 1.54) is 38.5 Å². The Hall–Kier alpha value is -1.94. The maximum atomic E-state index is 5.88. The molecule has 0 amide bonds. The topological polar surface area (TPSA) is 44.2 Å². The predicted molar refractivity (Wildman–Crippen MR) is 130 cm³/mol. The van der Waals surface area contributed by atoms with Crippen LogP contribution in [0.5, 0.6) is 5.75 Å². The summed E-state index contributed by atoms with van der Waals surface area (Å²) in [5.41, 5.74) is 2.18. The predicted octanol–water partition coefficient (Wildman–Crippen LogP) is 7.27. The molecule has 4 nitrogen and oxygen atoms in total. The lowest BCUT2D eigenvalue weighted by atomic mass is 10.0. The average molecular weight is 427 g/mol. The second-order valence-electron chi connectivity index (χ2n) is 8.57. The number of benzene rings is 1. The number of aryl methyl sites for hydroxylation is 1. The highest BCUT2D eigenvalue weighted by molar-refractivity contribution is 5.55. The molecule has 0 aliphatic carbocycles. The van der Waals surface area contributed by atoms with Gasteiger partial charge in [0, 0.05) is 31.2 Å². The molecule has 0 spiro atoms. The zero-order valence-electron chi connectivity index (χ0n) is 19.9. The first-order valence-electron chi connectivity index (χ1n) is 12.3. The van der Waals surface area contributed by atoms with Crippen molar-refractivity contribution < 1.29 is 9.47 Å². The van der Waals surface area contributed by atoms with E-state index in [9.17, 15) is 0 Å². The first-order valence-corrected chi connectivity index (χ1v) is 12.3. The van der Waals surface area contributed by atoms with Crippen LogP contribution in [0.2, 0.25) is 0 Å². The number of rotatable bonds is 17. The fourth-order valence-electron chi connectivity index (χ4n) is 3.43. The van der Waals surface area contributed by atoms with Crippen molar-refractivity contribution in [3.05, 3.63) is 42.2 Å². The molecule has 1 heterocycles. The maximum absolute atomic E-state index is 5.88. The molecule has 0 aliphatic heterocycles. The highest BCUT2D eigenvalue weighted by atomic mass is 16.5. The van der Waals surface area contributed by atoms with Crippen LogP contribution in [0.3, 0.4) is 0 Å². The van der Waals surface area contributed by atoms with Gasteiger partial charge in [-0.15, -0.1) is 0 Å². The van der Waals surface area contributed by atoms with Gasteiger partial charge in [0.05, 0.1) is 6.61 Å². The number of unbranched alkanes of at least 4 members (excludes halogenated alkanes) is 4. The summed E-state index contributed by atoms with van der Waals surface area (Å²) in [6, 6.07) is 8.11. The minimum absolute atomic E-state index is 0.760. The Bertz CT molecular complexity index is 685. The van der Waals surface area contributed by atoms with Crippen molar-refractivity contribution in [3.63, 3.8) is 0 Å². The highest BCUT2D eigenvalue weighted by Gasteiger charge is 2.03. The molecular formula is C27H42N2O2. The van der Waals surface area contributed by atoms with Crippen molar-refractivity contribution in [2.45, 2.75) is 85.0 Å². The van der Waals surface area contributed by atoms with E-state index in [1.54, 1.807) is 0 Å². The monoisotopic (exact) mass is 426 g/mol. The molecule has 1 atom stereocenters. The highest BCUT2D eigenvalue weighted by Crippen LogP contribution is 2.20. The summed E-state index contributed by atoms with van der Waals surface area (Å²) in [5.74, 6) is 2.52. The van der Waals surface area contributed by atoms with Crippen molar-refractivity contribution >= 4 is 0 Å². The summed E-state index contributed by atoms with van der Waals surface area (Å²) in [6.45, 7) is 9.28. The fourth-order valence-corrected chi connectivity index (χ4v) is 3.43. The second kappa shape index (κ2) is 15.8. The number of hydrogen-bond donors (Lipinski definition) is 0. The summed E-state index contributed by atoms with van der Waals surface area (Å²) in [7, 11) is 0. The van der Waals surface area contributed by atoms with E-state index in [4.69, 9.17) is 9.47 Å². The lowest BCUT2D eigenvalue weighted by Crippen LogP contribution is -2.00. The summed E-state index contributed by atoms with van der Waals surface area (Å²) in [6.07, 6.45) is 15.8. The van der Waals surface area contributed by atoms with Gasteiger partial charge in [-0.2, -0.15) is 0 Å². The largest absolute Gasteiger partial charge is 0.494 e. The maximum Gasteiger partial charge on any atom is 0.159 e. The summed E-state index contributed by atoms with van der Waals surface area (Å²) < 4.78 is 11.6. The van der Waals surface area contributed by atoms with Crippen LogP contribution in [0.15, 0.2) is 36.7 Å². The molecular weight excluding hydrogens is 384 g/mol. The molecule has 0 saturated carbocycles. The van der Waals surface area contributed by atoms with Crippen LogP contribution in [0, 0.1) is 5.92 Å². The Labute approximate surface area is 189 Å². The van der Waals surface area contributed by atoms with Crippen LogP contribution in [-0.2, 0) is 11.2 Å². The number of hydrogen-bond acceptors (Lipinski definition) is 4. The van der Waals surface area contributed by atoms with Gasteiger partial charge in [0.15, 0.2) is 5.82 Å². The number of nitrogens with zero attached hydrogens (tertiary/aromatic N) is 2.